The van der Waals surface area contributed by atoms with Gasteiger partial charge in [-0.1, -0.05) is 26.2 Å². The van der Waals surface area contributed by atoms with Gasteiger partial charge in [0.25, 0.3) is 0 Å². The van der Waals surface area contributed by atoms with Crippen LogP contribution in [0.25, 0.3) is 0 Å². The molecule has 3 nitrogen and oxygen atoms in total. The molecule has 1 aliphatic carbocycles. The molecule has 0 bridgehead atoms. The SMILES string of the molecule is CCn1cc(CNCCC2CCCC(C)C2)cn1. The van der Waals surface area contributed by atoms with Crippen LogP contribution in [0.1, 0.15) is 51.5 Å². The Hall–Kier alpha value is -0.830. The van der Waals surface area contributed by atoms with Crippen LogP contribution in [0.4, 0.5) is 0 Å². The predicted octanol–water partition coefficient (Wildman–Crippen LogP) is 3.21. The Bertz CT molecular complexity index is 345. The lowest BCUT2D eigenvalue weighted by Gasteiger charge is -2.26. The molecular formula is C15H27N3. The maximum absolute atomic E-state index is 4.29. The molecule has 1 N–H and O–H groups in total. The van der Waals surface area contributed by atoms with E-state index in [1.165, 1.54) is 37.7 Å². The minimum absolute atomic E-state index is 0.950. The summed E-state index contributed by atoms with van der Waals surface area (Å²) in [6.45, 7) is 7.59. The molecule has 0 aliphatic heterocycles. The van der Waals surface area contributed by atoms with Gasteiger partial charge in [0.15, 0.2) is 0 Å². The van der Waals surface area contributed by atoms with Gasteiger partial charge in [-0.25, -0.2) is 0 Å². The molecule has 1 heterocycles. The average Bonchev–Trinajstić information content (AvgIpc) is 2.83. The van der Waals surface area contributed by atoms with E-state index in [0.29, 0.717) is 0 Å². The van der Waals surface area contributed by atoms with Gasteiger partial charge >= 0.3 is 0 Å². The highest BCUT2D eigenvalue weighted by atomic mass is 15.3. The van der Waals surface area contributed by atoms with Crippen LogP contribution in [-0.4, -0.2) is 16.3 Å². The van der Waals surface area contributed by atoms with Crippen LogP contribution in [0.3, 0.4) is 0 Å². The first-order valence-electron chi connectivity index (χ1n) is 7.50. The Kier molecular flexibility index (Phi) is 5.24. The molecule has 0 spiro atoms. The third-order valence-electron chi connectivity index (χ3n) is 4.11. The van der Waals surface area contributed by atoms with Gasteiger partial charge in [0.1, 0.15) is 0 Å². The van der Waals surface area contributed by atoms with Crippen LogP contribution < -0.4 is 5.32 Å². The van der Waals surface area contributed by atoms with Crippen LogP contribution in [-0.2, 0) is 13.1 Å². The van der Waals surface area contributed by atoms with E-state index in [-0.39, 0.29) is 0 Å². The van der Waals surface area contributed by atoms with Crippen LogP contribution in [0, 0.1) is 11.8 Å². The van der Waals surface area contributed by atoms with Gasteiger partial charge < -0.3 is 5.32 Å². The quantitative estimate of drug-likeness (QED) is 0.785. The van der Waals surface area contributed by atoms with Crippen molar-refractivity contribution in [2.24, 2.45) is 11.8 Å². The predicted molar refractivity (Wildman–Crippen MR) is 75.3 cm³/mol. The Morgan fingerprint density at radius 2 is 2.33 bits per heavy atom. The lowest BCUT2D eigenvalue weighted by Crippen LogP contribution is -2.21. The summed E-state index contributed by atoms with van der Waals surface area (Å²) < 4.78 is 1.99. The Morgan fingerprint density at radius 3 is 3.06 bits per heavy atom. The molecule has 3 heteroatoms. The summed E-state index contributed by atoms with van der Waals surface area (Å²) >= 11 is 0. The summed E-state index contributed by atoms with van der Waals surface area (Å²) in [7, 11) is 0. The van der Waals surface area contributed by atoms with Gasteiger partial charge in [-0.2, -0.15) is 5.10 Å². The summed E-state index contributed by atoms with van der Waals surface area (Å²) in [4.78, 5) is 0. The van der Waals surface area contributed by atoms with Crippen molar-refractivity contribution in [2.45, 2.75) is 59.0 Å². The molecule has 0 aromatic carbocycles. The van der Waals surface area contributed by atoms with Crippen molar-refractivity contribution in [1.29, 1.82) is 0 Å². The van der Waals surface area contributed by atoms with E-state index in [1.807, 2.05) is 10.9 Å². The van der Waals surface area contributed by atoms with E-state index in [1.54, 1.807) is 0 Å². The fraction of sp³-hybridized carbons (Fsp3) is 0.800. The topological polar surface area (TPSA) is 29.9 Å². The number of nitrogens with one attached hydrogen (secondary N) is 1. The number of hydrogen-bond acceptors (Lipinski definition) is 2. The van der Waals surface area contributed by atoms with Crippen LogP contribution in [0.5, 0.6) is 0 Å². The van der Waals surface area contributed by atoms with E-state index in [0.717, 1.165) is 31.5 Å². The molecule has 1 saturated carbocycles. The second-order valence-corrected chi connectivity index (χ2v) is 5.81. The highest BCUT2D eigenvalue weighted by Gasteiger charge is 2.17. The first kappa shape index (κ1) is 13.6. The van der Waals surface area contributed by atoms with Gasteiger partial charge in [-0.05, 0) is 38.1 Å². The molecule has 1 aromatic rings. The number of nitrogens with zero attached hydrogens (tertiary/aromatic N) is 2. The lowest BCUT2D eigenvalue weighted by atomic mass is 9.81. The number of rotatable bonds is 6. The summed E-state index contributed by atoms with van der Waals surface area (Å²) in [5.41, 5.74) is 1.30. The number of aromatic nitrogens is 2. The molecule has 0 amide bonds. The van der Waals surface area contributed by atoms with Gasteiger partial charge in [-0.15, -0.1) is 0 Å². The average molecular weight is 249 g/mol. The van der Waals surface area contributed by atoms with Crippen LogP contribution >= 0.6 is 0 Å². The Morgan fingerprint density at radius 1 is 1.44 bits per heavy atom. The maximum Gasteiger partial charge on any atom is 0.0534 e. The molecule has 2 unspecified atom stereocenters. The fourth-order valence-electron chi connectivity index (χ4n) is 3.03. The standard InChI is InChI=1S/C15H27N3/c1-3-18-12-15(11-17-18)10-16-8-7-14-6-4-5-13(2)9-14/h11-14,16H,3-10H2,1-2H3. The molecule has 1 aliphatic rings. The number of hydrogen-bond donors (Lipinski definition) is 1. The minimum atomic E-state index is 0.950. The van der Waals surface area contributed by atoms with Crippen molar-refractivity contribution in [1.82, 2.24) is 15.1 Å². The monoisotopic (exact) mass is 249 g/mol. The highest BCUT2D eigenvalue weighted by Crippen LogP contribution is 2.30. The maximum atomic E-state index is 4.29. The molecule has 1 fully saturated rings. The molecule has 18 heavy (non-hydrogen) atoms. The van der Waals surface area contributed by atoms with E-state index >= 15 is 0 Å². The van der Waals surface area contributed by atoms with Crippen molar-refractivity contribution in [3.05, 3.63) is 18.0 Å². The van der Waals surface area contributed by atoms with E-state index in [4.69, 9.17) is 0 Å². The van der Waals surface area contributed by atoms with Crippen molar-refractivity contribution in [3.8, 4) is 0 Å². The normalized spacial score (nSPS) is 24.3. The van der Waals surface area contributed by atoms with Crippen LogP contribution in [0.2, 0.25) is 0 Å². The van der Waals surface area contributed by atoms with Crippen molar-refractivity contribution in [2.75, 3.05) is 6.54 Å². The third-order valence-corrected chi connectivity index (χ3v) is 4.11. The zero-order valence-electron chi connectivity index (χ0n) is 11.9. The lowest BCUT2D eigenvalue weighted by molar-refractivity contribution is 0.267. The molecule has 2 atom stereocenters. The minimum Gasteiger partial charge on any atom is -0.313 e. The van der Waals surface area contributed by atoms with E-state index in [9.17, 15) is 0 Å². The summed E-state index contributed by atoms with van der Waals surface area (Å²) in [5, 5.41) is 7.84. The summed E-state index contributed by atoms with van der Waals surface area (Å²) in [5.74, 6) is 1.91. The van der Waals surface area contributed by atoms with Gasteiger partial charge in [0.05, 0.1) is 6.20 Å². The highest BCUT2D eigenvalue weighted by molar-refractivity contribution is 5.03. The zero-order valence-corrected chi connectivity index (χ0v) is 11.9. The smallest absolute Gasteiger partial charge is 0.0534 e. The molecule has 1 aromatic heterocycles. The molecule has 2 rings (SSSR count). The summed E-state index contributed by atoms with van der Waals surface area (Å²) in [6, 6.07) is 0. The van der Waals surface area contributed by atoms with Crippen LogP contribution in [0.15, 0.2) is 12.4 Å². The Labute approximate surface area is 111 Å². The van der Waals surface area contributed by atoms with Gasteiger partial charge in [0, 0.05) is 24.8 Å². The van der Waals surface area contributed by atoms with Gasteiger partial charge in [0.2, 0.25) is 0 Å². The zero-order chi connectivity index (χ0) is 12.8. The largest absolute Gasteiger partial charge is 0.313 e. The molecular weight excluding hydrogens is 222 g/mol. The van der Waals surface area contributed by atoms with Gasteiger partial charge in [-0.3, -0.25) is 4.68 Å². The van der Waals surface area contributed by atoms with Crippen molar-refractivity contribution >= 4 is 0 Å². The molecule has 102 valence electrons. The number of aryl methyl sites for hydroxylation is 1. The summed E-state index contributed by atoms with van der Waals surface area (Å²) in [6.07, 6.45) is 11.2. The van der Waals surface area contributed by atoms with E-state index in [2.05, 4.69) is 30.5 Å². The fourth-order valence-corrected chi connectivity index (χ4v) is 3.03. The second-order valence-electron chi connectivity index (χ2n) is 5.81. The third kappa shape index (κ3) is 4.13. The van der Waals surface area contributed by atoms with E-state index < -0.39 is 0 Å². The molecule has 0 saturated heterocycles. The molecule has 0 radical (unpaired) electrons. The second kappa shape index (κ2) is 6.93. The first-order valence-corrected chi connectivity index (χ1v) is 7.50. The Balaban J connectivity index is 1.60. The van der Waals surface area contributed by atoms with Crippen molar-refractivity contribution in [3.63, 3.8) is 0 Å². The van der Waals surface area contributed by atoms with Crippen molar-refractivity contribution < 1.29 is 0 Å². The first-order chi connectivity index (χ1) is 8.78.